The number of amides is 1. The molecule has 116 valence electrons. The summed E-state index contributed by atoms with van der Waals surface area (Å²) in [6.45, 7) is 4.33. The number of sulfonamides is 1. The number of nitrogens with one attached hydrogen (secondary N) is 2. The highest BCUT2D eigenvalue weighted by atomic mass is 32.2. The molecule has 2 N–H and O–H groups in total. The minimum Gasteiger partial charge on any atom is -0.324 e. The summed E-state index contributed by atoms with van der Waals surface area (Å²) in [6.07, 6.45) is 2.87. The first-order chi connectivity index (χ1) is 9.94. The highest BCUT2D eigenvalue weighted by Gasteiger charge is 2.24. The van der Waals surface area contributed by atoms with Gasteiger partial charge in [0.15, 0.2) is 0 Å². The highest BCUT2D eigenvalue weighted by molar-refractivity contribution is 8.01. The van der Waals surface area contributed by atoms with E-state index in [1.165, 1.54) is 17.8 Å². The fourth-order valence-corrected chi connectivity index (χ4v) is 4.05. The topological polar surface area (TPSA) is 75.3 Å². The second-order valence-electron chi connectivity index (χ2n) is 5.01. The summed E-state index contributed by atoms with van der Waals surface area (Å²) in [5, 5.41) is 2.59. The molecule has 7 heteroatoms. The Bertz CT molecular complexity index is 629. The number of fused-ring (bicyclic) bond motifs is 1. The van der Waals surface area contributed by atoms with Gasteiger partial charge < -0.3 is 5.32 Å². The second-order valence-corrected chi connectivity index (χ2v) is 8.16. The first-order valence-corrected chi connectivity index (χ1v) is 9.41. The molecule has 1 atom stereocenters. The summed E-state index contributed by atoms with van der Waals surface area (Å²) >= 11 is 1.44. The molecule has 1 aromatic rings. The summed E-state index contributed by atoms with van der Waals surface area (Å²) in [5.74, 6) is -0.0991. The molecule has 1 aliphatic rings. The number of rotatable bonds is 6. The minimum atomic E-state index is -3.52. The monoisotopic (exact) mass is 328 g/mol. The number of carbonyl (C=O) groups is 1. The van der Waals surface area contributed by atoms with Crippen LogP contribution in [0.15, 0.2) is 28.0 Å². The Balaban J connectivity index is 2.14. The van der Waals surface area contributed by atoms with E-state index >= 15 is 0 Å². The number of thioether (sulfide) groups is 1. The molecule has 5 nitrogen and oxygen atoms in total. The average molecular weight is 328 g/mol. The van der Waals surface area contributed by atoms with Crippen LogP contribution >= 0.6 is 11.8 Å². The summed E-state index contributed by atoms with van der Waals surface area (Å²) in [4.78, 5) is 12.7. The zero-order valence-corrected chi connectivity index (χ0v) is 13.8. The van der Waals surface area contributed by atoms with E-state index in [-0.39, 0.29) is 16.1 Å². The number of hydrogen-bond acceptors (Lipinski definition) is 4. The van der Waals surface area contributed by atoms with Crippen LogP contribution in [-0.4, -0.2) is 26.1 Å². The molecule has 0 aliphatic carbocycles. The van der Waals surface area contributed by atoms with E-state index in [1.54, 1.807) is 12.1 Å². The molecule has 2 rings (SSSR count). The van der Waals surface area contributed by atoms with Crippen LogP contribution in [-0.2, 0) is 14.8 Å². The second kappa shape index (κ2) is 6.81. The standard InChI is InChI=1S/C14H20N2O3S2/c1-3-4-5-8-15-21(18,19)11-6-7-13-12(9-11)16-14(17)10(2)20-13/h6-7,9-10,15H,3-5,8H2,1-2H3,(H,16,17). The van der Waals surface area contributed by atoms with E-state index in [9.17, 15) is 13.2 Å². The van der Waals surface area contributed by atoms with Crippen molar-refractivity contribution < 1.29 is 13.2 Å². The van der Waals surface area contributed by atoms with Crippen LogP contribution in [0.4, 0.5) is 5.69 Å². The molecule has 1 heterocycles. The zero-order chi connectivity index (χ0) is 15.5. The minimum absolute atomic E-state index is 0.0991. The van der Waals surface area contributed by atoms with Crippen LogP contribution in [0.5, 0.6) is 0 Å². The van der Waals surface area contributed by atoms with Gasteiger partial charge in [-0.15, -0.1) is 11.8 Å². The lowest BCUT2D eigenvalue weighted by Crippen LogP contribution is -2.28. The van der Waals surface area contributed by atoms with Gasteiger partial charge in [-0.3, -0.25) is 4.79 Å². The predicted molar refractivity (Wildman–Crippen MR) is 85.1 cm³/mol. The third kappa shape index (κ3) is 3.99. The molecule has 21 heavy (non-hydrogen) atoms. The normalized spacial score (nSPS) is 18.2. The number of unbranched alkanes of at least 4 members (excludes halogenated alkanes) is 2. The van der Waals surface area contributed by atoms with Crippen molar-refractivity contribution in [3.05, 3.63) is 18.2 Å². The molecule has 0 saturated carbocycles. The Morgan fingerprint density at radius 3 is 2.81 bits per heavy atom. The molecule has 1 amide bonds. The van der Waals surface area contributed by atoms with Gasteiger partial charge in [0.1, 0.15) is 0 Å². The number of carbonyl (C=O) groups excluding carboxylic acids is 1. The average Bonchev–Trinajstić information content (AvgIpc) is 2.44. The first kappa shape index (κ1) is 16.3. The summed E-state index contributed by atoms with van der Waals surface area (Å²) < 4.78 is 27.0. The Morgan fingerprint density at radius 2 is 2.10 bits per heavy atom. The molecule has 0 saturated heterocycles. The van der Waals surface area contributed by atoms with Crippen LogP contribution < -0.4 is 10.0 Å². The maximum absolute atomic E-state index is 12.2. The SMILES string of the molecule is CCCCCNS(=O)(=O)c1ccc2c(c1)NC(=O)C(C)S2. The molecule has 1 unspecified atom stereocenters. The molecule has 0 spiro atoms. The predicted octanol–water partition coefficient (Wildman–Crippen LogP) is 2.59. The van der Waals surface area contributed by atoms with Gasteiger partial charge in [-0.25, -0.2) is 13.1 Å². The van der Waals surface area contributed by atoms with E-state index in [4.69, 9.17) is 0 Å². The Kier molecular flexibility index (Phi) is 5.29. The molecule has 0 radical (unpaired) electrons. The van der Waals surface area contributed by atoms with Gasteiger partial charge >= 0.3 is 0 Å². The van der Waals surface area contributed by atoms with E-state index < -0.39 is 10.0 Å². The van der Waals surface area contributed by atoms with Crippen molar-refractivity contribution >= 4 is 33.4 Å². The van der Waals surface area contributed by atoms with Crippen molar-refractivity contribution in [2.45, 2.75) is 48.2 Å². The summed E-state index contributed by atoms with van der Waals surface area (Å²) in [5.41, 5.74) is 0.569. The third-order valence-corrected chi connectivity index (χ3v) is 5.90. The van der Waals surface area contributed by atoms with Crippen molar-refractivity contribution in [2.75, 3.05) is 11.9 Å². The fraction of sp³-hybridized carbons (Fsp3) is 0.500. The molecular weight excluding hydrogens is 308 g/mol. The van der Waals surface area contributed by atoms with Crippen molar-refractivity contribution in [1.82, 2.24) is 4.72 Å². The molecule has 0 bridgehead atoms. The van der Waals surface area contributed by atoms with Gasteiger partial charge in [-0.2, -0.15) is 0 Å². The van der Waals surface area contributed by atoms with Crippen molar-refractivity contribution in [3.8, 4) is 0 Å². The number of anilines is 1. The zero-order valence-electron chi connectivity index (χ0n) is 12.2. The van der Waals surface area contributed by atoms with Crippen LogP contribution in [0, 0.1) is 0 Å². The number of hydrogen-bond donors (Lipinski definition) is 2. The Hall–Kier alpha value is -1.05. The first-order valence-electron chi connectivity index (χ1n) is 7.05. The van der Waals surface area contributed by atoms with Crippen molar-refractivity contribution in [2.24, 2.45) is 0 Å². The molecule has 0 aromatic heterocycles. The van der Waals surface area contributed by atoms with Gasteiger partial charge in [0.05, 0.1) is 15.8 Å². The molecule has 1 aromatic carbocycles. The largest absolute Gasteiger partial charge is 0.324 e. The maximum atomic E-state index is 12.2. The summed E-state index contributed by atoms with van der Waals surface area (Å²) in [7, 11) is -3.52. The van der Waals surface area contributed by atoms with E-state index in [1.807, 2.05) is 6.92 Å². The van der Waals surface area contributed by atoms with Gasteiger partial charge in [0.2, 0.25) is 15.9 Å². The van der Waals surface area contributed by atoms with Gasteiger partial charge in [-0.05, 0) is 31.5 Å². The van der Waals surface area contributed by atoms with Crippen LogP contribution in [0.25, 0.3) is 0 Å². The maximum Gasteiger partial charge on any atom is 0.240 e. The quantitative estimate of drug-likeness (QED) is 0.787. The Morgan fingerprint density at radius 1 is 1.33 bits per heavy atom. The van der Waals surface area contributed by atoms with Gasteiger partial charge in [-0.1, -0.05) is 19.8 Å². The van der Waals surface area contributed by atoms with Crippen molar-refractivity contribution in [1.29, 1.82) is 0 Å². The lowest BCUT2D eigenvalue weighted by Gasteiger charge is -2.21. The van der Waals surface area contributed by atoms with Gasteiger partial charge in [0, 0.05) is 11.4 Å². The highest BCUT2D eigenvalue weighted by Crippen LogP contribution is 2.36. The van der Waals surface area contributed by atoms with Crippen LogP contribution in [0.1, 0.15) is 33.1 Å². The van der Waals surface area contributed by atoms with Crippen LogP contribution in [0.3, 0.4) is 0 Å². The van der Waals surface area contributed by atoms with Crippen LogP contribution in [0.2, 0.25) is 0 Å². The van der Waals surface area contributed by atoms with Crippen molar-refractivity contribution in [3.63, 3.8) is 0 Å². The van der Waals surface area contributed by atoms with E-state index in [0.717, 1.165) is 24.2 Å². The smallest absolute Gasteiger partial charge is 0.240 e. The lowest BCUT2D eigenvalue weighted by molar-refractivity contribution is -0.115. The van der Waals surface area contributed by atoms with E-state index in [2.05, 4.69) is 17.0 Å². The molecule has 0 fully saturated rings. The number of benzene rings is 1. The molecular formula is C14H20N2O3S2. The van der Waals surface area contributed by atoms with Gasteiger partial charge in [0.25, 0.3) is 0 Å². The third-order valence-electron chi connectivity index (χ3n) is 3.26. The van der Waals surface area contributed by atoms with E-state index in [0.29, 0.717) is 12.2 Å². The summed E-state index contributed by atoms with van der Waals surface area (Å²) in [6, 6.07) is 4.85. The Labute approximate surface area is 129 Å². The lowest BCUT2D eigenvalue weighted by atomic mass is 10.3. The molecule has 1 aliphatic heterocycles. The fourth-order valence-electron chi connectivity index (χ4n) is 2.02.